The number of rotatable bonds is 9. The third-order valence-electron chi connectivity index (χ3n) is 7.67. The summed E-state index contributed by atoms with van der Waals surface area (Å²) >= 11 is 0. The zero-order chi connectivity index (χ0) is 28.1. The Hall–Kier alpha value is -1.00. The highest BCUT2D eigenvalue weighted by Gasteiger charge is 2.71. The molecule has 0 aromatic rings. The predicted molar refractivity (Wildman–Crippen MR) is 97.2 cm³/mol. The van der Waals surface area contributed by atoms with Crippen LogP contribution in [0.5, 0.6) is 0 Å². The predicted octanol–water partition coefficient (Wildman–Crippen LogP) is 6.68. The molecule has 2 bridgehead atoms. The SMILES string of the molecule is CCC(C)(COC(C(F)(F)F)C(F)(F)F)C(OO)C1CC2CC(CC(O)(C(F)(F)F)C(F)(F)F)C1C2. The van der Waals surface area contributed by atoms with Crippen molar-refractivity contribution in [3.8, 4) is 0 Å². The Morgan fingerprint density at radius 1 is 0.833 bits per heavy atom. The van der Waals surface area contributed by atoms with Crippen molar-refractivity contribution in [1.29, 1.82) is 0 Å². The van der Waals surface area contributed by atoms with Gasteiger partial charge in [0, 0.05) is 5.41 Å². The minimum atomic E-state index is -6.05. The van der Waals surface area contributed by atoms with Crippen molar-refractivity contribution in [2.24, 2.45) is 29.1 Å². The van der Waals surface area contributed by atoms with E-state index in [1.165, 1.54) is 6.92 Å². The molecule has 2 aliphatic carbocycles. The van der Waals surface area contributed by atoms with Crippen LogP contribution in [0, 0.1) is 29.1 Å². The van der Waals surface area contributed by atoms with Crippen LogP contribution in [0.4, 0.5) is 52.7 Å². The fourth-order valence-electron chi connectivity index (χ4n) is 5.66. The number of hydrogen-bond donors (Lipinski definition) is 2. The molecule has 2 saturated carbocycles. The van der Waals surface area contributed by atoms with E-state index in [9.17, 15) is 63.0 Å². The van der Waals surface area contributed by atoms with Gasteiger partial charge in [0.2, 0.25) is 6.10 Å². The number of aliphatic hydroxyl groups is 1. The third-order valence-corrected chi connectivity index (χ3v) is 7.67. The fraction of sp³-hybridized carbons (Fsp3) is 1.00. The summed E-state index contributed by atoms with van der Waals surface area (Å²) in [5, 5.41) is 19.1. The van der Waals surface area contributed by atoms with Crippen LogP contribution in [-0.2, 0) is 9.62 Å². The van der Waals surface area contributed by atoms with E-state index < -0.39 is 84.6 Å². The lowest BCUT2D eigenvalue weighted by molar-refractivity contribution is -0.374. The van der Waals surface area contributed by atoms with Gasteiger partial charge < -0.3 is 9.84 Å². The van der Waals surface area contributed by atoms with Gasteiger partial charge in [-0.15, -0.1) is 0 Å². The van der Waals surface area contributed by atoms with Gasteiger partial charge in [-0.2, -0.15) is 52.7 Å². The number of ether oxygens (including phenoxy) is 1. The van der Waals surface area contributed by atoms with Gasteiger partial charge in [0.25, 0.3) is 5.60 Å². The van der Waals surface area contributed by atoms with Crippen molar-refractivity contribution in [3.63, 3.8) is 0 Å². The molecule has 2 fully saturated rings. The van der Waals surface area contributed by atoms with Gasteiger partial charge in [0.15, 0.2) is 0 Å². The lowest BCUT2D eigenvalue weighted by Crippen LogP contribution is -2.58. The zero-order valence-corrected chi connectivity index (χ0v) is 19.0. The molecule has 6 unspecified atom stereocenters. The monoisotopic (exact) mass is 558 g/mol. The smallest absolute Gasteiger partial charge is 0.374 e. The van der Waals surface area contributed by atoms with Crippen molar-refractivity contribution in [3.05, 3.63) is 0 Å². The maximum absolute atomic E-state index is 13.2. The van der Waals surface area contributed by atoms with Crippen LogP contribution < -0.4 is 0 Å². The topological polar surface area (TPSA) is 58.9 Å². The summed E-state index contributed by atoms with van der Waals surface area (Å²) in [5.74, 6) is -3.77. The number of alkyl halides is 12. The number of hydrogen-bond acceptors (Lipinski definition) is 4. The van der Waals surface area contributed by atoms with E-state index in [1.807, 2.05) is 0 Å². The molecule has 36 heavy (non-hydrogen) atoms. The van der Waals surface area contributed by atoms with E-state index in [1.54, 1.807) is 0 Å². The Balaban J connectivity index is 2.29. The molecular weight excluding hydrogens is 532 g/mol. The minimum absolute atomic E-state index is 0.0926. The molecule has 0 amide bonds. The molecule has 2 rings (SSSR count). The third kappa shape index (κ3) is 6.01. The Labute approximate surface area is 197 Å². The molecule has 4 nitrogen and oxygen atoms in total. The highest BCUT2D eigenvalue weighted by Crippen LogP contribution is 2.60. The van der Waals surface area contributed by atoms with Gasteiger partial charge in [-0.3, -0.25) is 5.26 Å². The Morgan fingerprint density at radius 3 is 1.69 bits per heavy atom. The Kier molecular flexibility index (Phi) is 8.63. The molecule has 214 valence electrons. The molecular formula is C20H26F12O4. The number of halogens is 12. The zero-order valence-electron chi connectivity index (χ0n) is 19.0. The quantitative estimate of drug-likeness (QED) is 0.188. The molecule has 0 aromatic heterocycles. The van der Waals surface area contributed by atoms with Gasteiger partial charge in [-0.25, -0.2) is 4.89 Å². The highest BCUT2D eigenvalue weighted by molar-refractivity contribution is 5.05. The fourth-order valence-corrected chi connectivity index (χ4v) is 5.66. The molecule has 0 heterocycles. The van der Waals surface area contributed by atoms with Crippen LogP contribution in [0.1, 0.15) is 46.0 Å². The number of fused-ring (bicyclic) bond motifs is 2. The maximum Gasteiger partial charge on any atom is 0.426 e. The molecule has 0 radical (unpaired) electrons. The lowest BCUT2D eigenvalue weighted by atomic mass is 9.67. The van der Waals surface area contributed by atoms with Gasteiger partial charge in [-0.1, -0.05) is 13.8 Å². The standard InChI is InChI=1S/C20H26F12O4/c1-3-15(2,8-35-14(17(21,22)23)18(24,25)26)13(36-34)12-6-9-4-10(11(12)5-9)7-16(33,19(27,28)29)20(30,31)32/h9-14,33-34H,3-8H2,1-2H3. The van der Waals surface area contributed by atoms with Gasteiger partial charge in [-0.05, 0) is 55.8 Å². The van der Waals surface area contributed by atoms with Gasteiger partial charge in [0.1, 0.15) is 6.10 Å². The summed E-state index contributed by atoms with van der Waals surface area (Å²) in [7, 11) is 0. The van der Waals surface area contributed by atoms with E-state index in [4.69, 9.17) is 0 Å². The van der Waals surface area contributed by atoms with E-state index in [0.717, 1.165) is 6.92 Å². The minimum Gasteiger partial charge on any atom is -0.374 e. The second-order valence-corrected chi connectivity index (χ2v) is 10.0. The largest absolute Gasteiger partial charge is 0.426 e. The molecule has 6 atom stereocenters. The Bertz CT molecular complexity index is 719. The van der Waals surface area contributed by atoms with Crippen molar-refractivity contribution >= 4 is 0 Å². The van der Waals surface area contributed by atoms with Crippen molar-refractivity contribution in [2.75, 3.05) is 6.61 Å². The summed E-state index contributed by atoms with van der Waals surface area (Å²) in [5.41, 5.74) is -6.74. The maximum atomic E-state index is 13.2. The summed E-state index contributed by atoms with van der Waals surface area (Å²) < 4.78 is 161. The highest BCUT2D eigenvalue weighted by atomic mass is 19.4. The van der Waals surface area contributed by atoms with E-state index >= 15 is 0 Å². The van der Waals surface area contributed by atoms with Crippen LogP contribution >= 0.6 is 0 Å². The van der Waals surface area contributed by atoms with Crippen molar-refractivity contribution in [1.82, 2.24) is 0 Å². The molecule has 16 heteroatoms. The van der Waals surface area contributed by atoms with Crippen LogP contribution in [0.2, 0.25) is 0 Å². The first kappa shape index (κ1) is 31.2. The molecule has 0 saturated heterocycles. The van der Waals surface area contributed by atoms with Gasteiger partial charge >= 0.3 is 24.7 Å². The molecule has 2 aliphatic rings. The average Bonchev–Trinajstić information content (AvgIpc) is 3.24. The van der Waals surface area contributed by atoms with Crippen LogP contribution in [0.3, 0.4) is 0 Å². The van der Waals surface area contributed by atoms with Crippen LogP contribution in [-0.4, -0.2) is 59.5 Å². The molecule has 2 N–H and O–H groups in total. The summed E-state index contributed by atoms with van der Waals surface area (Å²) in [4.78, 5) is 4.41. The summed E-state index contributed by atoms with van der Waals surface area (Å²) in [6.45, 7) is 1.24. The van der Waals surface area contributed by atoms with Crippen LogP contribution in [0.15, 0.2) is 0 Å². The summed E-state index contributed by atoms with van der Waals surface area (Å²) in [6, 6.07) is 0. The van der Waals surface area contributed by atoms with E-state index in [0.29, 0.717) is 0 Å². The first-order valence-electron chi connectivity index (χ1n) is 10.9. The van der Waals surface area contributed by atoms with Crippen molar-refractivity contribution in [2.45, 2.75) is 88.5 Å². The normalized spacial score (nSPS) is 28.6. The van der Waals surface area contributed by atoms with Crippen molar-refractivity contribution < 1.29 is 72.7 Å². The molecule has 0 aliphatic heterocycles. The second kappa shape index (κ2) is 9.95. The van der Waals surface area contributed by atoms with Crippen LogP contribution in [0.25, 0.3) is 0 Å². The van der Waals surface area contributed by atoms with E-state index in [2.05, 4.69) is 9.62 Å². The summed E-state index contributed by atoms with van der Waals surface area (Å²) in [6.07, 6.45) is -31.3. The average molecular weight is 558 g/mol. The first-order valence-corrected chi connectivity index (χ1v) is 10.9. The van der Waals surface area contributed by atoms with E-state index in [-0.39, 0.29) is 25.7 Å². The Morgan fingerprint density at radius 2 is 1.33 bits per heavy atom. The lowest BCUT2D eigenvalue weighted by Gasteiger charge is -2.44. The molecule has 0 aromatic carbocycles. The van der Waals surface area contributed by atoms with Gasteiger partial charge in [0.05, 0.1) is 6.61 Å². The second-order valence-electron chi connectivity index (χ2n) is 10.0. The first-order chi connectivity index (χ1) is 16.0. The molecule has 0 spiro atoms.